The first kappa shape index (κ1) is 26.7. The van der Waals surface area contributed by atoms with Crippen LogP contribution < -0.4 is 5.32 Å². The van der Waals surface area contributed by atoms with Crippen molar-refractivity contribution < 1.29 is 22.8 Å². The minimum Gasteiger partial charge on any atom is -0.354 e. The van der Waals surface area contributed by atoms with E-state index in [0.29, 0.717) is 11.6 Å². The molecule has 1 N–H and O–H groups in total. The molecule has 1 atom stereocenters. The van der Waals surface area contributed by atoms with Crippen molar-refractivity contribution in [3.8, 4) is 0 Å². The molecular weight excluding hydrogens is 490 g/mol. The Bertz CT molecular complexity index is 1200. The average Bonchev–Trinajstić information content (AvgIpc) is 3.02. The van der Waals surface area contributed by atoms with E-state index < -0.39 is 22.0 Å². The Kier molecular flexibility index (Phi) is 8.91. The lowest BCUT2D eigenvalue weighted by Gasteiger charge is -2.29. The average molecular weight is 520 g/mol. The second-order valence-corrected chi connectivity index (χ2v) is 10.7. The molecule has 3 rings (SSSR count). The van der Waals surface area contributed by atoms with E-state index in [0.717, 1.165) is 22.7 Å². The number of hydrogen-bond acceptors (Lipinski definition) is 5. The predicted molar refractivity (Wildman–Crippen MR) is 133 cm³/mol. The van der Waals surface area contributed by atoms with Crippen LogP contribution in [0.25, 0.3) is 0 Å². The normalized spacial score (nSPS) is 14.9. The molecule has 0 saturated carbocycles. The van der Waals surface area contributed by atoms with E-state index in [1.807, 2.05) is 13.0 Å². The number of benzene rings is 2. The number of hydrogen-bond donors (Lipinski definition) is 1. The van der Waals surface area contributed by atoms with Gasteiger partial charge >= 0.3 is 0 Å². The highest BCUT2D eigenvalue weighted by Crippen LogP contribution is 2.30. The minimum atomic E-state index is -3.93. The molecule has 1 aliphatic rings. The molecule has 0 aliphatic carbocycles. The van der Waals surface area contributed by atoms with Crippen molar-refractivity contribution in [2.24, 2.45) is 0 Å². The number of nitrogens with one attached hydrogen (secondary N) is 1. The lowest BCUT2D eigenvalue weighted by molar-refractivity contribution is -0.140. The van der Waals surface area contributed by atoms with Gasteiger partial charge in [-0.1, -0.05) is 49.2 Å². The topological polar surface area (TPSA) is 104 Å². The summed E-state index contributed by atoms with van der Waals surface area (Å²) in [5, 5.41) is 3.37. The van der Waals surface area contributed by atoms with Crippen molar-refractivity contribution in [1.29, 1.82) is 0 Å². The van der Waals surface area contributed by atoms with Crippen LogP contribution >= 0.6 is 11.6 Å². The molecule has 0 bridgehead atoms. The number of sulfonamides is 1. The summed E-state index contributed by atoms with van der Waals surface area (Å²) in [6.07, 6.45) is 1.88. The summed E-state index contributed by atoms with van der Waals surface area (Å²) in [6, 6.07) is 12.4. The summed E-state index contributed by atoms with van der Waals surface area (Å²) >= 11 is 6.09. The van der Waals surface area contributed by atoms with Gasteiger partial charge in [-0.15, -0.1) is 0 Å². The van der Waals surface area contributed by atoms with Crippen molar-refractivity contribution >= 4 is 39.3 Å². The molecule has 1 heterocycles. The highest BCUT2D eigenvalue weighted by molar-refractivity contribution is 7.90. The van der Waals surface area contributed by atoms with Crippen LogP contribution in [0.3, 0.4) is 0 Å². The molecule has 0 spiro atoms. The fourth-order valence-electron chi connectivity index (χ4n) is 3.92. The van der Waals surface area contributed by atoms with Gasteiger partial charge in [0.15, 0.2) is 0 Å². The summed E-state index contributed by atoms with van der Waals surface area (Å²) in [5.41, 5.74) is 0.908. The standard InChI is InChI=1S/C25H30ClN3O5S/c1-3-4-14-27-24(31)18(2)28(17-19-9-7-10-20(26)16-19)23(30)13-8-15-29-25(32)21-11-5-6-12-22(21)35(29,33)34/h5-7,9-12,16,18H,3-4,8,13-15,17H2,1-2H3,(H,27,31)/t18-/m1/s1. The summed E-state index contributed by atoms with van der Waals surface area (Å²) in [5.74, 6) is -1.17. The Morgan fingerprint density at radius 1 is 1.11 bits per heavy atom. The largest absolute Gasteiger partial charge is 0.354 e. The Morgan fingerprint density at radius 3 is 2.54 bits per heavy atom. The van der Waals surface area contributed by atoms with E-state index in [-0.39, 0.29) is 48.2 Å². The van der Waals surface area contributed by atoms with E-state index in [9.17, 15) is 22.8 Å². The van der Waals surface area contributed by atoms with E-state index in [4.69, 9.17) is 11.6 Å². The van der Waals surface area contributed by atoms with E-state index in [1.165, 1.54) is 17.0 Å². The first-order chi connectivity index (χ1) is 16.7. The Morgan fingerprint density at radius 2 is 1.86 bits per heavy atom. The number of amides is 3. The van der Waals surface area contributed by atoms with Gasteiger partial charge < -0.3 is 10.2 Å². The molecule has 0 fully saturated rings. The quantitative estimate of drug-likeness (QED) is 0.457. The molecule has 188 valence electrons. The second-order valence-electron chi connectivity index (χ2n) is 8.45. The summed E-state index contributed by atoms with van der Waals surface area (Å²) in [6.45, 7) is 4.26. The van der Waals surface area contributed by atoms with Crippen molar-refractivity contribution in [2.45, 2.75) is 57.0 Å². The van der Waals surface area contributed by atoms with Crippen LogP contribution in [0.15, 0.2) is 53.4 Å². The fraction of sp³-hybridized carbons (Fsp3) is 0.400. The van der Waals surface area contributed by atoms with Gasteiger partial charge in [0.2, 0.25) is 11.8 Å². The third-order valence-corrected chi connectivity index (χ3v) is 7.98. The van der Waals surface area contributed by atoms with Gasteiger partial charge in [0.1, 0.15) is 10.9 Å². The third kappa shape index (κ3) is 6.21. The SMILES string of the molecule is CCCCNC(=O)[C@@H](C)N(Cc1cccc(Cl)c1)C(=O)CCCN1C(=O)c2ccccc2S1(=O)=O. The summed E-state index contributed by atoms with van der Waals surface area (Å²) in [7, 11) is -3.93. The van der Waals surface area contributed by atoms with Gasteiger partial charge in [-0.25, -0.2) is 12.7 Å². The number of unbranched alkanes of at least 4 members (excludes halogenated alkanes) is 1. The minimum absolute atomic E-state index is 0.0173. The van der Waals surface area contributed by atoms with E-state index in [1.54, 1.807) is 37.3 Å². The van der Waals surface area contributed by atoms with Gasteiger partial charge in [-0.05, 0) is 49.6 Å². The maximum atomic E-state index is 13.2. The van der Waals surface area contributed by atoms with Crippen LogP contribution in [-0.4, -0.2) is 54.5 Å². The summed E-state index contributed by atoms with van der Waals surface area (Å²) < 4.78 is 26.3. The lowest BCUT2D eigenvalue weighted by Crippen LogP contribution is -2.47. The zero-order chi connectivity index (χ0) is 25.6. The van der Waals surface area contributed by atoms with Gasteiger partial charge in [0.05, 0.1) is 5.56 Å². The monoisotopic (exact) mass is 519 g/mol. The number of nitrogens with zero attached hydrogens (tertiary/aromatic N) is 2. The van der Waals surface area contributed by atoms with Crippen LogP contribution in [-0.2, 0) is 26.2 Å². The molecule has 10 heteroatoms. The number of fused-ring (bicyclic) bond motifs is 1. The van der Waals surface area contributed by atoms with Crippen LogP contribution in [0.4, 0.5) is 0 Å². The number of carbonyl (C=O) groups excluding carboxylic acids is 3. The Hall–Kier alpha value is -2.91. The van der Waals surface area contributed by atoms with Crippen molar-refractivity contribution in [3.05, 3.63) is 64.7 Å². The molecule has 35 heavy (non-hydrogen) atoms. The van der Waals surface area contributed by atoms with Crippen LogP contribution in [0, 0.1) is 0 Å². The highest BCUT2D eigenvalue weighted by Gasteiger charge is 2.40. The smallest absolute Gasteiger partial charge is 0.269 e. The van der Waals surface area contributed by atoms with E-state index >= 15 is 0 Å². The van der Waals surface area contributed by atoms with Gasteiger partial charge in [-0.2, -0.15) is 0 Å². The molecule has 0 aromatic heterocycles. The van der Waals surface area contributed by atoms with Gasteiger partial charge in [-0.3, -0.25) is 14.4 Å². The number of halogens is 1. The zero-order valence-corrected chi connectivity index (χ0v) is 21.4. The molecule has 0 unspecified atom stereocenters. The fourth-order valence-corrected chi connectivity index (χ4v) is 5.74. The highest BCUT2D eigenvalue weighted by atomic mass is 35.5. The maximum Gasteiger partial charge on any atom is 0.269 e. The van der Waals surface area contributed by atoms with Crippen molar-refractivity contribution in [1.82, 2.24) is 14.5 Å². The number of carbonyl (C=O) groups is 3. The molecule has 8 nitrogen and oxygen atoms in total. The molecular formula is C25H30ClN3O5S. The lowest BCUT2D eigenvalue weighted by atomic mass is 10.1. The van der Waals surface area contributed by atoms with Gasteiger partial charge in [0, 0.05) is 31.1 Å². The number of rotatable bonds is 11. The molecule has 3 amide bonds. The zero-order valence-electron chi connectivity index (χ0n) is 19.9. The second kappa shape index (κ2) is 11.7. The Balaban J connectivity index is 1.69. The molecule has 2 aromatic rings. The maximum absolute atomic E-state index is 13.2. The third-order valence-electron chi connectivity index (χ3n) is 5.90. The summed E-state index contributed by atoms with van der Waals surface area (Å²) in [4.78, 5) is 39.9. The van der Waals surface area contributed by atoms with Crippen LogP contribution in [0.1, 0.15) is 55.5 Å². The Labute approximate surface area is 211 Å². The molecule has 0 radical (unpaired) electrons. The molecule has 0 saturated heterocycles. The van der Waals surface area contributed by atoms with Gasteiger partial charge in [0.25, 0.3) is 15.9 Å². The molecule has 2 aromatic carbocycles. The van der Waals surface area contributed by atoms with Crippen molar-refractivity contribution in [2.75, 3.05) is 13.1 Å². The van der Waals surface area contributed by atoms with E-state index in [2.05, 4.69) is 5.32 Å². The molecule has 1 aliphatic heterocycles. The van der Waals surface area contributed by atoms with Crippen LogP contribution in [0.2, 0.25) is 5.02 Å². The predicted octanol–water partition coefficient (Wildman–Crippen LogP) is 3.60. The first-order valence-corrected chi connectivity index (χ1v) is 13.5. The first-order valence-electron chi connectivity index (χ1n) is 11.6. The van der Waals surface area contributed by atoms with Crippen LogP contribution in [0.5, 0.6) is 0 Å². The van der Waals surface area contributed by atoms with Crippen molar-refractivity contribution in [3.63, 3.8) is 0 Å².